The Kier molecular flexibility index (Phi) is 5.13. The minimum atomic E-state index is -0.356. The smallest absolute Gasteiger partial charge is 0.137 e. The number of nitrogens with zero attached hydrogens (tertiary/aromatic N) is 2. The van der Waals surface area contributed by atoms with E-state index < -0.39 is 0 Å². The van der Waals surface area contributed by atoms with Gasteiger partial charge in [-0.3, -0.25) is 10.3 Å². The van der Waals surface area contributed by atoms with E-state index in [2.05, 4.69) is 17.5 Å². The van der Waals surface area contributed by atoms with Crippen LogP contribution in [0, 0.1) is 16.7 Å². The Morgan fingerprint density at radius 2 is 1.74 bits per heavy atom. The third-order valence-electron chi connectivity index (χ3n) is 6.04. The van der Waals surface area contributed by atoms with Crippen molar-refractivity contribution in [2.75, 3.05) is 16.8 Å². The van der Waals surface area contributed by atoms with Gasteiger partial charge in [-0.15, -0.1) is 0 Å². The molecule has 0 amide bonds. The maximum absolute atomic E-state index is 10.4. The molecule has 0 unspecified atom stereocenters. The molecule has 1 atom stereocenters. The zero-order valence-corrected chi connectivity index (χ0v) is 20.0. The van der Waals surface area contributed by atoms with Crippen molar-refractivity contribution in [2.24, 2.45) is 0 Å². The average molecular weight is 481 g/mol. The maximum atomic E-state index is 10.4. The minimum absolute atomic E-state index is 0.356. The second kappa shape index (κ2) is 8.32. The highest BCUT2D eigenvalue weighted by atomic mass is 32.2. The second-order valence-corrected chi connectivity index (χ2v) is 10.1. The molecule has 0 aromatic heterocycles. The van der Waals surface area contributed by atoms with Crippen molar-refractivity contribution in [3.8, 4) is 11.8 Å². The highest BCUT2D eigenvalue weighted by Crippen LogP contribution is 2.56. The second-order valence-electron chi connectivity index (χ2n) is 7.99. The Bertz CT molecular complexity index is 1410. The third kappa shape index (κ3) is 3.22. The molecule has 0 fully saturated rings. The molecule has 2 N–H and O–H groups in total. The Morgan fingerprint density at radius 1 is 1.00 bits per heavy atom. The number of allylic oxidation sites excluding steroid dienone is 1. The molecule has 7 heteroatoms. The van der Waals surface area contributed by atoms with Crippen LogP contribution in [-0.4, -0.2) is 12.4 Å². The van der Waals surface area contributed by atoms with Crippen molar-refractivity contribution in [1.29, 1.82) is 10.7 Å². The normalized spacial score (nSPS) is 20.4. The van der Waals surface area contributed by atoms with Gasteiger partial charge in [0.2, 0.25) is 0 Å². The number of ether oxygens (including phenoxy) is 1. The summed E-state index contributed by atoms with van der Waals surface area (Å²) in [5.41, 5.74) is 4.40. The summed E-state index contributed by atoms with van der Waals surface area (Å²) in [6.45, 7) is 2.56. The molecule has 3 aromatic carbocycles. The van der Waals surface area contributed by atoms with Gasteiger partial charge in [-0.2, -0.15) is 5.26 Å². The van der Waals surface area contributed by atoms with Gasteiger partial charge in [0.1, 0.15) is 16.6 Å². The lowest BCUT2D eigenvalue weighted by atomic mass is 9.82. The summed E-state index contributed by atoms with van der Waals surface area (Å²) < 4.78 is 5.64. The number of hydrogen-bond acceptors (Lipinski definition) is 6. The molecule has 34 heavy (non-hydrogen) atoms. The number of fused-ring (bicyclic) bond motifs is 4. The van der Waals surface area contributed by atoms with Crippen molar-refractivity contribution in [1.82, 2.24) is 0 Å². The summed E-state index contributed by atoms with van der Waals surface area (Å²) in [6.07, 6.45) is 0. The van der Waals surface area contributed by atoms with Gasteiger partial charge in [0.25, 0.3) is 0 Å². The van der Waals surface area contributed by atoms with E-state index in [1.54, 1.807) is 23.5 Å². The monoisotopic (exact) mass is 480 g/mol. The van der Waals surface area contributed by atoms with E-state index in [1.165, 1.54) is 0 Å². The molecule has 0 saturated heterocycles. The first-order chi connectivity index (χ1) is 16.7. The molecule has 0 saturated carbocycles. The van der Waals surface area contributed by atoms with E-state index in [1.807, 2.05) is 78.6 Å². The average Bonchev–Trinajstić information content (AvgIpc) is 3.46. The molecular formula is C27H20N4OS2. The molecule has 6 rings (SSSR count). The van der Waals surface area contributed by atoms with E-state index in [0.717, 1.165) is 48.1 Å². The lowest BCUT2D eigenvalue weighted by Gasteiger charge is -2.35. The van der Waals surface area contributed by atoms with Crippen LogP contribution in [0.5, 0.6) is 5.75 Å². The molecule has 5 nitrogen and oxygen atoms in total. The fourth-order valence-electron chi connectivity index (χ4n) is 4.56. The van der Waals surface area contributed by atoms with Gasteiger partial charge in [0, 0.05) is 15.4 Å². The molecule has 3 aromatic rings. The SMILES string of the molecule is CCOc1ccc([C@H]2C(C#N)=C3Sc4ccccc4N3C(=N)C2=C2Nc3ccccc3S2)cc1. The van der Waals surface area contributed by atoms with Crippen LogP contribution < -0.4 is 15.0 Å². The number of rotatable bonds is 3. The largest absolute Gasteiger partial charge is 0.494 e. The first-order valence-corrected chi connectivity index (χ1v) is 12.6. The number of benzene rings is 3. The zero-order valence-electron chi connectivity index (χ0n) is 18.3. The van der Waals surface area contributed by atoms with Crippen molar-refractivity contribution >= 4 is 40.7 Å². The summed E-state index contributed by atoms with van der Waals surface area (Å²) in [5, 5.41) is 25.0. The van der Waals surface area contributed by atoms with Crippen LogP contribution in [-0.2, 0) is 0 Å². The number of nitrogens with one attached hydrogen (secondary N) is 2. The summed E-state index contributed by atoms with van der Waals surface area (Å²) in [6, 6.07) is 26.6. The molecular weight excluding hydrogens is 460 g/mol. The number of thioether (sulfide) groups is 2. The van der Waals surface area contributed by atoms with Gasteiger partial charge >= 0.3 is 0 Å². The third-order valence-corrected chi connectivity index (χ3v) is 8.30. The van der Waals surface area contributed by atoms with Crippen LogP contribution in [0.1, 0.15) is 18.4 Å². The van der Waals surface area contributed by atoms with Gasteiger partial charge in [-0.05, 0) is 48.9 Å². The zero-order chi connectivity index (χ0) is 23.2. The topological polar surface area (TPSA) is 72.1 Å². The number of para-hydroxylation sites is 2. The summed E-state index contributed by atoms with van der Waals surface area (Å²) in [7, 11) is 0. The molecule has 3 heterocycles. The maximum Gasteiger partial charge on any atom is 0.137 e. The van der Waals surface area contributed by atoms with E-state index in [4.69, 9.17) is 4.74 Å². The number of anilines is 2. The van der Waals surface area contributed by atoms with Gasteiger partial charge in [-0.25, -0.2) is 0 Å². The molecule has 0 bridgehead atoms. The lowest BCUT2D eigenvalue weighted by molar-refractivity contribution is 0.340. The molecule has 0 radical (unpaired) electrons. The standard InChI is InChI=1S/C27H20N4OS2/c1-2-32-17-13-11-16(12-14-17)23-18(15-28)27-31(20-8-4-6-10-22(20)34-27)25(29)24(23)26-30-19-7-3-5-9-21(19)33-26/h3-14,23,29-30H,2H2,1H3/t23-/m0/s1. The molecule has 0 aliphatic carbocycles. The number of nitriles is 1. The predicted molar refractivity (Wildman–Crippen MR) is 138 cm³/mol. The fraction of sp³-hybridized carbons (Fsp3) is 0.111. The summed E-state index contributed by atoms with van der Waals surface area (Å²) in [5.74, 6) is 0.834. The van der Waals surface area contributed by atoms with Gasteiger partial charge in [0.15, 0.2) is 0 Å². The van der Waals surface area contributed by atoms with Crippen molar-refractivity contribution in [3.05, 3.63) is 99.6 Å². The molecule has 3 aliphatic heterocycles. The predicted octanol–water partition coefficient (Wildman–Crippen LogP) is 6.94. The Hall–Kier alpha value is -3.60. The minimum Gasteiger partial charge on any atom is -0.494 e. The highest BCUT2D eigenvalue weighted by Gasteiger charge is 2.44. The molecule has 166 valence electrons. The van der Waals surface area contributed by atoms with Crippen LogP contribution in [0.4, 0.5) is 11.4 Å². The van der Waals surface area contributed by atoms with E-state index in [0.29, 0.717) is 18.0 Å². The first kappa shape index (κ1) is 21.0. The first-order valence-electron chi connectivity index (χ1n) is 11.0. The molecule has 0 spiro atoms. The number of amidine groups is 1. The van der Waals surface area contributed by atoms with Crippen molar-refractivity contribution in [2.45, 2.75) is 22.6 Å². The fourth-order valence-corrected chi connectivity index (χ4v) is 6.81. The Labute approximate surface area is 206 Å². The van der Waals surface area contributed by atoms with E-state index in [9.17, 15) is 10.7 Å². The van der Waals surface area contributed by atoms with Crippen LogP contribution in [0.25, 0.3) is 0 Å². The Morgan fingerprint density at radius 3 is 2.47 bits per heavy atom. The molecule has 3 aliphatic rings. The van der Waals surface area contributed by atoms with Gasteiger partial charge < -0.3 is 10.1 Å². The van der Waals surface area contributed by atoms with Crippen molar-refractivity contribution < 1.29 is 4.74 Å². The van der Waals surface area contributed by atoms with Crippen LogP contribution in [0.15, 0.2) is 104 Å². The lowest BCUT2D eigenvalue weighted by Crippen LogP contribution is -2.37. The van der Waals surface area contributed by atoms with Crippen molar-refractivity contribution in [3.63, 3.8) is 0 Å². The van der Waals surface area contributed by atoms with Crippen LogP contribution in [0.2, 0.25) is 0 Å². The highest BCUT2D eigenvalue weighted by molar-refractivity contribution is 8.04. The van der Waals surface area contributed by atoms with Crippen LogP contribution >= 0.6 is 23.5 Å². The van der Waals surface area contributed by atoms with E-state index in [-0.39, 0.29) is 5.92 Å². The summed E-state index contributed by atoms with van der Waals surface area (Å²) in [4.78, 5) is 4.10. The van der Waals surface area contributed by atoms with Crippen LogP contribution in [0.3, 0.4) is 0 Å². The quantitative estimate of drug-likeness (QED) is 0.423. The van der Waals surface area contributed by atoms with Gasteiger partial charge in [0.05, 0.1) is 40.6 Å². The van der Waals surface area contributed by atoms with Gasteiger partial charge in [-0.1, -0.05) is 59.9 Å². The summed E-state index contributed by atoms with van der Waals surface area (Å²) >= 11 is 3.19. The Balaban J connectivity index is 1.56. The number of hydrogen-bond donors (Lipinski definition) is 2. The van der Waals surface area contributed by atoms with E-state index >= 15 is 0 Å².